The van der Waals surface area contributed by atoms with E-state index in [2.05, 4.69) is 12.1 Å². The summed E-state index contributed by atoms with van der Waals surface area (Å²) in [6, 6.07) is 17.7. The highest BCUT2D eigenvalue weighted by Crippen LogP contribution is 2.33. The lowest BCUT2D eigenvalue weighted by atomic mass is 9.84. The third-order valence-electron chi connectivity index (χ3n) is 4.39. The number of hydrogen-bond acceptors (Lipinski definition) is 2. The van der Waals surface area contributed by atoms with Crippen LogP contribution in [0.15, 0.2) is 60.7 Å². The number of esters is 1. The molecule has 0 spiro atoms. The maximum absolute atomic E-state index is 11.9. The molecule has 1 aliphatic carbocycles. The second-order valence-electron chi connectivity index (χ2n) is 6.07. The minimum Gasteiger partial charge on any atom is -0.423 e. The second kappa shape index (κ2) is 7.77. The van der Waals surface area contributed by atoms with Gasteiger partial charge >= 0.3 is 5.97 Å². The van der Waals surface area contributed by atoms with Crippen molar-refractivity contribution in [2.24, 2.45) is 0 Å². The fraction of sp³-hybridized carbons (Fsp3) is 0.286. The molecule has 0 radical (unpaired) electrons. The van der Waals surface area contributed by atoms with E-state index >= 15 is 0 Å². The first-order valence-corrected chi connectivity index (χ1v) is 8.36. The lowest BCUT2D eigenvalue weighted by Crippen LogP contribution is -2.06. The molecule has 0 aliphatic heterocycles. The molecule has 1 saturated carbocycles. The van der Waals surface area contributed by atoms with Gasteiger partial charge in [-0.25, -0.2) is 4.79 Å². The van der Waals surface area contributed by atoms with E-state index in [1.807, 2.05) is 42.5 Å². The minimum absolute atomic E-state index is 0.348. The van der Waals surface area contributed by atoms with Crippen molar-refractivity contribution in [3.05, 3.63) is 71.8 Å². The standard InChI is InChI=1S/C21H22O2/c22-21(16-11-17-7-3-1-4-8-17)23-20-14-12-19(13-15-20)18-9-5-2-6-10-18/h1,3-4,7-8,11-16,18H,2,5-6,9-10H2. The third kappa shape index (κ3) is 4.56. The van der Waals surface area contributed by atoms with E-state index in [0.29, 0.717) is 11.7 Å². The molecule has 0 bridgehead atoms. The Kier molecular flexibility index (Phi) is 5.25. The molecule has 0 atom stereocenters. The topological polar surface area (TPSA) is 26.3 Å². The Morgan fingerprint density at radius 1 is 0.913 bits per heavy atom. The van der Waals surface area contributed by atoms with Gasteiger partial charge in [0.25, 0.3) is 0 Å². The number of ether oxygens (including phenoxy) is 1. The summed E-state index contributed by atoms with van der Waals surface area (Å²) in [5.74, 6) is 0.929. The first-order chi connectivity index (χ1) is 11.3. The van der Waals surface area contributed by atoms with Crippen LogP contribution in [0.3, 0.4) is 0 Å². The Morgan fingerprint density at radius 3 is 2.30 bits per heavy atom. The van der Waals surface area contributed by atoms with Crippen LogP contribution in [-0.4, -0.2) is 5.97 Å². The fourth-order valence-corrected chi connectivity index (χ4v) is 3.12. The molecule has 2 heteroatoms. The van der Waals surface area contributed by atoms with Gasteiger partial charge in [0, 0.05) is 6.08 Å². The van der Waals surface area contributed by atoms with Gasteiger partial charge in [-0.3, -0.25) is 0 Å². The van der Waals surface area contributed by atoms with Gasteiger partial charge in [0.1, 0.15) is 5.75 Å². The van der Waals surface area contributed by atoms with Crippen molar-refractivity contribution < 1.29 is 9.53 Å². The SMILES string of the molecule is O=C(C=Cc1ccccc1)Oc1ccc(C2CCCCC2)cc1. The second-order valence-corrected chi connectivity index (χ2v) is 6.07. The molecule has 1 aliphatic rings. The van der Waals surface area contributed by atoms with Crippen molar-refractivity contribution in [3.63, 3.8) is 0 Å². The van der Waals surface area contributed by atoms with Crippen LogP contribution >= 0.6 is 0 Å². The van der Waals surface area contributed by atoms with Crippen LogP contribution in [0.5, 0.6) is 5.75 Å². The normalized spacial score (nSPS) is 15.7. The molecule has 0 unspecified atom stereocenters. The molecule has 0 heterocycles. The summed E-state index contributed by atoms with van der Waals surface area (Å²) in [5.41, 5.74) is 2.35. The van der Waals surface area contributed by atoms with E-state index in [9.17, 15) is 4.79 Å². The first-order valence-electron chi connectivity index (χ1n) is 8.36. The van der Waals surface area contributed by atoms with Crippen molar-refractivity contribution in [2.75, 3.05) is 0 Å². The van der Waals surface area contributed by atoms with Crippen molar-refractivity contribution in [1.82, 2.24) is 0 Å². The Balaban J connectivity index is 1.57. The van der Waals surface area contributed by atoms with Gasteiger partial charge in [0.2, 0.25) is 0 Å². The van der Waals surface area contributed by atoms with Gasteiger partial charge < -0.3 is 4.74 Å². The molecule has 23 heavy (non-hydrogen) atoms. The van der Waals surface area contributed by atoms with Crippen LogP contribution in [0.1, 0.15) is 49.1 Å². The zero-order chi connectivity index (χ0) is 15.9. The van der Waals surface area contributed by atoms with Gasteiger partial charge in [0.05, 0.1) is 0 Å². The van der Waals surface area contributed by atoms with Crippen molar-refractivity contribution >= 4 is 12.0 Å². The molecule has 2 aromatic carbocycles. The van der Waals surface area contributed by atoms with Crippen molar-refractivity contribution in [2.45, 2.75) is 38.0 Å². The van der Waals surface area contributed by atoms with E-state index in [0.717, 1.165) is 5.56 Å². The first kappa shape index (κ1) is 15.5. The van der Waals surface area contributed by atoms with E-state index in [1.165, 1.54) is 43.7 Å². The Hall–Kier alpha value is -2.35. The quantitative estimate of drug-likeness (QED) is 0.432. The summed E-state index contributed by atoms with van der Waals surface area (Å²) in [6.45, 7) is 0. The molecule has 118 valence electrons. The Labute approximate surface area is 137 Å². The maximum Gasteiger partial charge on any atom is 0.336 e. The molecular weight excluding hydrogens is 284 g/mol. The summed E-state index contributed by atoms with van der Waals surface area (Å²) >= 11 is 0. The van der Waals surface area contributed by atoms with Crippen LogP contribution in [0.25, 0.3) is 6.08 Å². The minimum atomic E-state index is -0.348. The molecule has 0 aromatic heterocycles. The van der Waals surface area contributed by atoms with Crippen LogP contribution in [0.4, 0.5) is 0 Å². The van der Waals surface area contributed by atoms with E-state index < -0.39 is 0 Å². The average molecular weight is 306 g/mol. The van der Waals surface area contributed by atoms with Gasteiger partial charge in [0.15, 0.2) is 0 Å². The molecular formula is C21H22O2. The highest BCUT2D eigenvalue weighted by Gasteiger charge is 2.15. The lowest BCUT2D eigenvalue weighted by molar-refractivity contribution is -0.128. The summed E-state index contributed by atoms with van der Waals surface area (Å²) in [4.78, 5) is 11.9. The molecule has 2 aromatic rings. The van der Waals surface area contributed by atoms with E-state index in [-0.39, 0.29) is 5.97 Å². The van der Waals surface area contributed by atoms with Gasteiger partial charge in [-0.15, -0.1) is 0 Å². The highest BCUT2D eigenvalue weighted by atomic mass is 16.5. The zero-order valence-electron chi connectivity index (χ0n) is 13.3. The summed E-state index contributed by atoms with van der Waals surface area (Å²) in [5, 5.41) is 0. The monoisotopic (exact) mass is 306 g/mol. The summed E-state index contributed by atoms with van der Waals surface area (Å²) < 4.78 is 5.35. The predicted molar refractivity (Wildman–Crippen MR) is 93.4 cm³/mol. The number of carbonyl (C=O) groups excluding carboxylic acids is 1. The van der Waals surface area contributed by atoms with Crippen LogP contribution < -0.4 is 4.74 Å². The Bertz CT molecular complexity index is 650. The molecule has 0 saturated heterocycles. The van der Waals surface area contributed by atoms with Crippen molar-refractivity contribution in [1.29, 1.82) is 0 Å². The number of rotatable bonds is 4. The molecule has 3 rings (SSSR count). The lowest BCUT2D eigenvalue weighted by Gasteiger charge is -2.21. The smallest absolute Gasteiger partial charge is 0.336 e. The van der Waals surface area contributed by atoms with Crippen LogP contribution in [0.2, 0.25) is 0 Å². The molecule has 0 amide bonds. The van der Waals surface area contributed by atoms with Gasteiger partial charge in [-0.2, -0.15) is 0 Å². The van der Waals surface area contributed by atoms with E-state index in [1.54, 1.807) is 6.08 Å². The number of hydrogen-bond donors (Lipinski definition) is 0. The van der Waals surface area contributed by atoms with Crippen molar-refractivity contribution in [3.8, 4) is 5.75 Å². The molecule has 1 fully saturated rings. The summed E-state index contributed by atoms with van der Waals surface area (Å²) in [7, 11) is 0. The highest BCUT2D eigenvalue weighted by molar-refractivity contribution is 5.88. The molecule has 2 nitrogen and oxygen atoms in total. The van der Waals surface area contributed by atoms with Gasteiger partial charge in [-0.1, -0.05) is 61.7 Å². The average Bonchev–Trinajstić information content (AvgIpc) is 2.62. The third-order valence-corrected chi connectivity index (χ3v) is 4.39. The number of benzene rings is 2. The maximum atomic E-state index is 11.9. The molecule has 0 N–H and O–H groups in total. The largest absolute Gasteiger partial charge is 0.423 e. The van der Waals surface area contributed by atoms with Gasteiger partial charge in [-0.05, 0) is 48.1 Å². The number of carbonyl (C=O) groups is 1. The van der Waals surface area contributed by atoms with Crippen LogP contribution in [-0.2, 0) is 4.79 Å². The van der Waals surface area contributed by atoms with E-state index in [4.69, 9.17) is 4.74 Å². The predicted octanol–water partition coefficient (Wildman–Crippen LogP) is 5.35. The Morgan fingerprint density at radius 2 is 1.61 bits per heavy atom. The van der Waals surface area contributed by atoms with Crippen LogP contribution in [0, 0.1) is 0 Å². The zero-order valence-corrected chi connectivity index (χ0v) is 13.3. The summed E-state index contributed by atoms with van der Waals surface area (Å²) in [6.07, 6.45) is 9.79. The fourth-order valence-electron chi connectivity index (χ4n) is 3.12.